The zero-order chi connectivity index (χ0) is 12.0. The molecule has 0 radical (unpaired) electrons. The summed E-state index contributed by atoms with van der Waals surface area (Å²) in [5.74, 6) is 0.0402. The predicted octanol–water partition coefficient (Wildman–Crippen LogP) is 1.23. The molecule has 0 aromatic rings. The number of amides is 1. The maximum Gasteiger partial charge on any atom is 0.407 e. The number of ketones is 1. The van der Waals surface area contributed by atoms with E-state index in [4.69, 9.17) is 9.84 Å². The van der Waals surface area contributed by atoms with Gasteiger partial charge in [-0.25, -0.2) is 4.79 Å². The third kappa shape index (κ3) is 5.37. The van der Waals surface area contributed by atoms with E-state index >= 15 is 0 Å². The minimum absolute atomic E-state index is 0.0437. The quantitative estimate of drug-likeness (QED) is 0.726. The van der Waals surface area contributed by atoms with Crippen LogP contribution in [-0.4, -0.2) is 48.7 Å². The Bertz CT molecular complexity index is 227. The van der Waals surface area contributed by atoms with E-state index in [0.717, 1.165) is 4.90 Å². The molecular weight excluding hydrogens is 198 g/mol. The van der Waals surface area contributed by atoms with Crippen molar-refractivity contribution in [3.8, 4) is 0 Å². The molecule has 0 aliphatic carbocycles. The molecule has 0 spiro atoms. The molecule has 1 N–H and O–H groups in total. The Labute approximate surface area is 90.0 Å². The van der Waals surface area contributed by atoms with Gasteiger partial charge in [-0.15, -0.1) is 0 Å². The van der Waals surface area contributed by atoms with Gasteiger partial charge >= 0.3 is 6.09 Å². The van der Waals surface area contributed by atoms with Crippen molar-refractivity contribution in [2.45, 2.75) is 26.4 Å². The van der Waals surface area contributed by atoms with Crippen LogP contribution in [0.3, 0.4) is 0 Å². The molecule has 0 aromatic heterocycles. The smallest absolute Gasteiger partial charge is 0.407 e. The largest absolute Gasteiger partial charge is 0.465 e. The Morgan fingerprint density at radius 1 is 1.40 bits per heavy atom. The molecule has 5 nitrogen and oxygen atoms in total. The first-order valence-corrected chi connectivity index (χ1v) is 4.88. The summed E-state index contributed by atoms with van der Waals surface area (Å²) in [6.07, 6.45) is -1.12. The van der Waals surface area contributed by atoms with E-state index < -0.39 is 6.09 Å². The van der Waals surface area contributed by atoms with E-state index in [9.17, 15) is 9.59 Å². The van der Waals surface area contributed by atoms with Crippen LogP contribution in [0, 0.1) is 5.92 Å². The lowest BCUT2D eigenvalue weighted by molar-refractivity contribution is -0.124. The minimum atomic E-state index is -1.02. The second-order valence-electron chi connectivity index (χ2n) is 3.85. The van der Waals surface area contributed by atoms with Gasteiger partial charge in [0.25, 0.3) is 0 Å². The number of hydrogen-bond donors (Lipinski definition) is 1. The monoisotopic (exact) mass is 217 g/mol. The number of methoxy groups -OCH3 is 1. The molecule has 0 bridgehead atoms. The Hall–Kier alpha value is -1.10. The molecule has 0 rings (SSSR count). The van der Waals surface area contributed by atoms with Crippen molar-refractivity contribution in [3.63, 3.8) is 0 Å². The molecule has 0 saturated heterocycles. The molecule has 0 aliphatic rings. The van der Waals surface area contributed by atoms with Gasteiger partial charge in [0.05, 0.1) is 12.6 Å². The van der Waals surface area contributed by atoms with Crippen molar-refractivity contribution in [2.75, 3.05) is 20.7 Å². The molecule has 0 aromatic carbocycles. The number of ether oxygens (including phenoxy) is 1. The first kappa shape index (κ1) is 13.9. The van der Waals surface area contributed by atoms with E-state index in [1.54, 1.807) is 0 Å². The van der Waals surface area contributed by atoms with Crippen molar-refractivity contribution in [1.29, 1.82) is 0 Å². The number of Topliss-reactive ketones (excluding diaryl/α,β-unsaturated/α-hetero) is 1. The molecule has 0 aliphatic heterocycles. The summed E-state index contributed by atoms with van der Waals surface area (Å²) < 4.78 is 5.07. The van der Waals surface area contributed by atoms with Gasteiger partial charge < -0.3 is 14.7 Å². The summed E-state index contributed by atoms with van der Waals surface area (Å²) in [5, 5.41) is 8.66. The summed E-state index contributed by atoms with van der Waals surface area (Å²) in [6, 6.07) is 0. The highest BCUT2D eigenvalue weighted by Crippen LogP contribution is 2.06. The lowest BCUT2D eigenvalue weighted by Crippen LogP contribution is -2.35. The maximum absolute atomic E-state index is 11.4. The fraction of sp³-hybridized carbons (Fsp3) is 0.800. The van der Waals surface area contributed by atoms with E-state index in [-0.39, 0.29) is 30.8 Å². The number of hydrogen-bond acceptors (Lipinski definition) is 3. The molecule has 88 valence electrons. The van der Waals surface area contributed by atoms with Gasteiger partial charge in [0.2, 0.25) is 0 Å². The summed E-state index contributed by atoms with van der Waals surface area (Å²) in [6.45, 7) is 3.84. The van der Waals surface area contributed by atoms with Crippen molar-refractivity contribution in [2.24, 2.45) is 5.92 Å². The first-order chi connectivity index (χ1) is 6.88. The molecule has 5 heteroatoms. The molecule has 0 saturated carbocycles. The van der Waals surface area contributed by atoms with Crippen LogP contribution in [0.25, 0.3) is 0 Å². The molecule has 15 heavy (non-hydrogen) atoms. The van der Waals surface area contributed by atoms with Crippen molar-refractivity contribution in [3.05, 3.63) is 0 Å². The molecular formula is C10H19NO4. The van der Waals surface area contributed by atoms with Crippen LogP contribution in [-0.2, 0) is 9.53 Å². The van der Waals surface area contributed by atoms with Gasteiger partial charge in [-0.1, -0.05) is 13.8 Å². The summed E-state index contributed by atoms with van der Waals surface area (Å²) >= 11 is 0. The van der Waals surface area contributed by atoms with Crippen molar-refractivity contribution in [1.82, 2.24) is 4.90 Å². The molecule has 1 atom stereocenters. The number of rotatable bonds is 6. The third-order valence-corrected chi connectivity index (χ3v) is 2.21. The average molecular weight is 217 g/mol. The van der Waals surface area contributed by atoms with Gasteiger partial charge in [-0.2, -0.15) is 0 Å². The molecule has 0 heterocycles. The standard InChI is InChI=1S/C10H19NO4/c1-7(2)9(12)5-8(15-4)6-11(3)10(13)14/h7-8H,5-6H2,1-4H3,(H,13,14). The van der Waals surface area contributed by atoms with E-state index in [1.165, 1.54) is 14.2 Å². The maximum atomic E-state index is 11.4. The molecule has 1 amide bonds. The number of likely N-dealkylation sites (N-methyl/N-ethyl adjacent to an activating group) is 1. The van der Waals surface area contributed by atoms with Crippen molar-refractivity contribution >= 4 is 11.9 Å². The second-order valence-corrected chi connectivity index (χ2v) is 3.85. The Balaban J connectivity index is 4.14. The van der Waals surface area contributed by atoms with Crippen LogP contribution in [0.15, 0.2) is 0 Å². The Morgan fingerprint density at radius 3 is 2.27 bits per heavy atom. The van der Waals surface area contributed by atoms with Crippen LogP contribution in [0.4, 0.5) is 4.79 Å². The molecule has 0 fully saturated rings. The van der Waals surface area contributed by atoms with E-state index in [0.29, 0.717) is 0 Å². The minimum Gasteiger partial charge on any atom is -0.465 e. The second kappa shape index (κ2) is 6.40. The molecule has 1 unspecified atom stereocenters. The SMILES string of the molecule is COC(CC(=O)C(C)C)CN(C)C(=O)O. The average Bonchev–Trinajstić information content (AvgIpc) is 2.15. The zero-order valence-corrected chi connectivity index (χ0v) is 9.69. The Morgan fingerprint density at radius 2 is 1.93 bits per heavy atom. The van der Waals surface area contributed by atoms with Gasteiger partial charge in [0.15, 0.2) is 0 Å². The topological polar surface area (TPSA) is 66.8 Å². The lowest BCUT2D eigenvalue weighted by Gasteiger charge is -2.21. The van der Waals surface area contributed by atoms with Crippen LogP contribution in [0.1, 0.15) is 20.3 Å². The number of carbonyl (C=O) groups is 2. The fourth-order valence-corrected chi connectivity index (χ4v) is 1.07. The number of nitrogens with zero attached hydrogens (tertiary/aromatic N) is 1. The van der Waals surface area contributed by atoms with Gasteiger partial charge in [0, 0.05) is 26.5 Å². The predicted molar refractivity (Wildman–Crippen MR) is 55.9 cm³/mol. The van der Waals surface area contributed by atoms with Crippen LogP contribution in [0.5, 0.6) is 0 Å². The highest BCUT2D eigenvalue weighted by Gasteiger charge is 2.19. The lowest BCUT2D eigenvalue weighted by atomic mass is 10.0. The summed E-state index contributed by atoms with van der Waals surface area (Å²) in [7, 11) is 2.93. The zero-order valence-electron chi connectivity index (χ0n) is 9.69. The van der Waals surface area contributed by atoms with Crippen LogP contribution >= 0.6 is 0 Å². The van der Waals surface area contributed by atoms with Crippen LogP contribution < -0.4 is 0 Å². The highest BCUT2D eigenvalue weighted by molar-refractivity contribution is 5.80. The normalized spacial score (nSPS) is 12.6. The first-order valence-electron chi connectivity index (χ1n) is 4.88. The fourth-order valence-electron chi connectivity index (χ4n) is 1.07. The van der Waals surface area contributed by atoms with E-state index in [1.807, 2.05) is 13.8 Å². The van der Waals surface area contributed by atoms with Crippen LogP contribution in [0.2, 0.25) is 0 Å². The highest BCUT2D eigenvalue weighted by atomic mass is 16.5. The summed E-state index contributed by atoms with van der Waals surface area (Å²) in [5.41, 5.74) is 0. The van der Waals surface area contributed by atoms with Crippen molar-refractivity contribution < 1.29 is 19.4 Å². The summed E-state index contributed by atoms with van der Waals surface area (Å²) in [4.78, 5) is 23.1. The van der Waals surface area contributed by atoms with Gasteiger partial charge in [-0.05, 0) is 0 Å². The Kier molecular flexibility index (Phi) is 5.93. The van der Waals surface area contributed by atoms with Gasteiger partial charge in [-0.3, -0.25) is 4.79 Å². The third-order valence-electron chi connectivity index (χ3n) is 2.21. The number of carboxylic acid groups (broad SMARTS) is 1. The van der Waals surface area contributed by atoms with Gasteiger partial charge in [0.1, 0.15) is 5.78 Å². The van der Waals surface area contributed by atoms with E-state index in [2.05, 4.69) is 0 Å². The number of carbonyl (C=O) groups excluding carboxylic acids is 1.